The molecule has 20 heavy (non-hydrogen) atoms. The number of rotatable bonds is 4. The monoisotopic (exact) mass is 277 g/mol. The van der Waals surface area contributed by atoms with Crippen molar-refractivity contribution in [3.8, 4) is 5.75 Å². The number of nitrogens with one attached hydrogen (secondary N) is 1. The van der Waals surface area contributed by atoms with E-state index in [1.807, 2.05) is 24.3 Å². The van der Waals surface area contributed by atoms with Crippen LogP contribution in [-0.2, 0) is 4.79 Å². The van der Waals surface area contributed by atoms with E-state index in [0.29, 0.717) is 24.7 Å². The summed E-state index contributed by atoms with van der Waals surface area (Å²) in [4.78, 5) is 11.8. The van der Waals surface area contributed by atoms with Crippen LogP contribution < -0.4 is 10.1 Å². The molecule has 0 spiro atoms. The molecule has 4 nitrogen and oxygen atoms in total. The van der Waals surface area contributed by atoms with Crippen molar-refractivity contribution in [1.82, 2.24) is 0 Å². The Bertz CT molecular complexity index is 459. The van der Waals surface area contributed by atoms with Crippen molar-refractivity contribution in [2.24, 2.45) is 11.8 Å². The maximum Gasteiger partial charge on any atom is 0.329 e. The number of aliphatic carboxylic acids is 1. The zero-order valence-electron chi connectivity index (χ0n) is 12.3. The second-order valence-electron chi connectivity index (χ2n) is 6.10. The standard InChI is InChI=1S/C16H23NO3/c1-11-8-12(2)10-16(9-11,15(18)19)17-13-4-6-14(20-3)7-5-13/h4-7,11-12,17H,8-10H2,1-3H3,(H,18,19). The number of benzene rings is 1. The first-order valence-electron chi connectivity index (χ1n) is 7.11. The molecule has 1 saturated carbocycles. The van der Waals surface area contributed by atoms with E-state index in [2.05, 4.69) is 19.2 Å². The van der Waals surface area contributed by atoms with Crippen molar-refractivity contribution in [2.75, 3.05) is 12.4 Å². The summed E-state index contributed by atoms with van der Waals surface area (Å²) < 4.78 is 5.12. The number of methoxy groups -OCH3 is 1. The highest BCUT2D eigenvalue weighted by atomic mass is 16.5. The first-order valence-corrected chi connectivity index (χ1v) is 7.11. The molecule has 0 bridgehead atoms. The van der Waals surface area contributed by atoms with E-state index in [4.69, 9.17) is 4.74 Å². The van der Waals surface area contributed by atoms with Gasteiger partial charge in [0.15, 0.2) is 0 Å². The van der Waals surface area contributed by atoms with Crippen LogP contribution >= 0.6 is 0 Å². The lowest BCUT2D eigenvalue weighted by Crippen LogP contribution is -2.51. The van der Waals surface area contributed by atoms with E-state index >= 15 is 0 Å². The Morgan fingerprint density at radius 1 is 1.25 bits per heavy atom. The van der Waals surface area contributed by atoms with Crippen molar-refractivity contribution in [2.45, 2.75) is 38.6 Å². The van der Waals surface area contributed by atoms with E-state index in [1.54, 1.807) is 7.11 Å². The van der Waals surface area contributed by atoms with Gasteiger partial charge in [0.25, 0.3) is 0 Å². The van der Waals surface area contributed by atoms with Crippen LogP contribution in [0.25, 0.3) is 0 Å². The fourth-order valence-electron chi connectivity index (χ4n) is 3.41. The molecule has 1 aromatic rings. The maximum atomic E-state index is 11.8. The molecular weight excluding hydrogens is 254 g/mol. The zero-order chi connectivity index (χ0) is 14.8. The fourth-order valence-corrected chi connectivity index (χ4v) is 3.41. The summed E-state index contributed by atoms with van der Waals surface area (Å²) in [5.41, 5.74) is -0.0272. The fraction of sp³-hybridized carbons (Fsp3) is 0.562. The lowest BCUT2D eigenvalue weighted by atomic mass is 9.71. The van der Waals surface area contributed by atoms with Gasteiger partial charge >= 0.3 is 5.97 Å². The smallest absolute Gasteiger partial charge is 0.329 e. The summed E-state index contributed by atoms with van der Waals surface area (Å²) in [6.07, 6.45) is 2.43. The summed E-state index contributed by atoms with van der Waals surface area (Å²) in [5.74, 6) is 0.846. The molecule has 0 saturated heterocycles. The van der Waals surface area contributed by atoms with Crippen LogP contribution in [0.2, 0.25) is 0 Å². The first-order chi connectivity index (χ1) is 9.45. The maximum absolute atomic E-state index is 11.8. The molecule has 0 amide bonds. The summed E-state index contributed by atoms with van der Waals surface area (Å²) >= 11 is 0. The minimum Gasteiger partial charge on any atom is -0.497 e. The molecule has 0 heterocycles. The Hall–Kier alpha value is -1.71. The molecular formula is C16H23NO3. The van der Waals surface area contributed by atoms with Crippen LogP contribution in [0.1, 0.15) is 33.1 Å². The third-order valence-electron chi connectivity index (χ3n) is 4.08. The third-order valence-corrected chi connectivity index (χ3v) is 4.08. The normalized spacial score (nSPS) is 29.8. The second-order valence-corrected chi connectivity index (χ2v) is 6.10. The first kappa shape index (κ1) is 14.7. The van der Waals surface area contributed by atoms with Gasteiger partial charge in [0.2, 0.25) is 0 Å². The molecule has 2 unspecified atom stereocenters. The summed E-state index contributed by atoms with van der Waals surface area (Å²) in [6, 6.07) is 7.42. The minimum atomic E-state index is -0.855. The summed E-state index contributed by atoms with van der Waals surface area (Å²) in [6.45, 7) is 4.26. The van der Waals surface area contributed by atoms with Crippen LogP contribution in [0.3, 0.4) is 0 Å². The van der Waals surface area contributed by atoms with E-state index in [1.165, 1.54) is 0 Å². The minimum absolute atomic E-state index is 0.417. The van der Waals surface area contributed by atoms with Gasteiger partial charge in [-0.15, -0.1) is 0 Å². The Balaban J connectivity index is 2.22. The Kier molecular flexibility index (Phi) is 4.21. The topological polar surface area (TPSA) is 58.6 Å². The molecule has 2 atom stereocenters. The largest absolute Gasteiger partial charge is 0.497 e. The SMILES string of the molecule is COc1ccc(NC2(C(=O)O)CC(C)CC(C)C2)cc1. The van der Waals surface area contributed by atoms with Crippen molar-refractivity contribution in [1.29, 1.82) is 0 Å². The number of ether oxygens (including phenoxy) is 1. The molecule has 0 aliphatic heterocycles. The van der Waals surface area contributed by atoms with Crippen LogP contribution in [0, 0.1) is 11.8 Å². The Morgan fingerprint density at radius 2 is 1.80 bits per heavy atom. The average molecular weight is 277 g/mol. The highest BCUT2D eigenvalue weighted by molar-refractivity contribution is 5.83. The molecule has 110 valence electrons. The lowest BCUT2D eigenvalue weighted by molar-refractivity contribution is -0.144. The summed E-state index contributed by atoms with van der Waals surface area (Å²) in [5, 5.41) is 13.0. The number of carbonyl (C=O) groups is 1. The quantitative estimate of drug-likeness (QED) is 0.885. The van der Waals surface area contributed by atoms with Gasteiger partial charge in [0.1, 0.15) is 11.3 Å². The molecule has 1 fully saturated rings. The van der Waals surface area contributed by atoms with Gasteiger partial charge < -0.3 is 15.2 Å². The van der Waals surface area contributed by atoms with Crippen LogP contribution in [-0.4, -0.2) is 23.7 Å². The number of anilines is 1. The predicted molar refractivity (Wildman–Crippen MR) is 79.2 cm³/mol. The van der Waals surface area contributed by atoms with Gasteiger partial charge in [-0.25, -0.2) is 4.79 Å². The van der Waals surface area contributed by atoms with E-state index in [9.17, 15) is 9.90 Å². The molecule has 1 aromatic carbocycles. The third kappa shape index (κ3) is 3.06. The second kappa shape index (κ2) is 5.73. The van der Waals surface area contributed by atoms with E-state index < -0.39 is 11.5 Å². The molecule has 1 aliphatic carbocycles. The van der Waals surface area contributed by atoms with Gasteiger partial charge in [-0.05, 0) is 55.4 Å². The Labute approximate surface area is 120 Å². The summed E-state index contributed by atoms with van der Waals surface area (Å²) in [7, 11) is 1.62. The van der Waals surface area contributed by atoms with Crippen molar-refractivity contribution < 1.29 is 14.6 Å². The van der Waals surface area contributed by atoms with E-state index in [0.717, 1.165) is 17.9 Å². The van der Waals surface area contributed by atoms with Gasteiger partial charge in [0, 0.05) is 5.69 Å². The Morgan fingerprint density at radius 3 is 2.25 bits per heavy atom. The molecule has 1 aliphatic rings. The van der Waals surface area contributed by atoms with Crippen molar-refractivity contribution in [3.05, 3.63) is 24.3 Å². The molecule has 0 radical (unpaired) electrons. The number of carboxylic acid groups (broad SMARTS) is 1. The van der Waals surface area contributed by atoms with Gasteiger partial charge in [0.05, 0.1) is 7.11 Å². The lowest BCUT2D eigenvalue weighted by Gasteiger charge is -2.40. The van der Waals surface area contributed by atoms with Crippen molar-refractivity contribution in [3.63, 3.8) is 0 Å². The number of hydrogen-bond donors (Lipinski definition) is 2. The van der Waals surface area contributed by atoms with Gasteiger partial charge in [-0.1, -0.05) is 13.8 Å². The predicted octanol–water partition coefficient (Wildman–Crippen LogP) is 3.39. The molecule has 2 N–H and O–H groups in total. The number of hydrogen-bond acceptors (Lipinski definition) is 3. The number of carboxylic acids is 1. The van der Waals surface area contributed by atoms with Gasteiger partial charge in [-0.2, -0.15) is 0 Å². The molecule has 2 rings (SSSR count). The van der Waals surface area contributed by atoms with Crippen LogP contribution in [0.4, 0.5) is 5.69 Å². The van der Waals surface area contributed by atoms with Crippen LogP contribution in [0.15, 0.2) is 24.3 Å². The van der Waals surface area contributed by atoms with Crippen molar-refractivity contribution >= 4 is 11.7 Å². The molecule has 0 aromatic heterocycles. The van der Waals surface area contributed by atoms with E-state index in [-0.39, 0.29) is 0 Å². The highest BCUT2D eigenvalue weighted by Gasteiger charge is 2.44. The van der Waals surface area contributed by atoms with Crippen LogP contribution in [0.5, 0.6) is 5.75 Å². The average Bonchev–Trinajstić information content (AvgIpc) is 2.38. The molecule has 4 heteroatoms. The highest BCUT2D eigenvalue weighted by Crippen LogP contribution is 2.38. The zero-order valence-corrected chi connectivity index (χ0v) is 12.3. The van der Waals surface area contributed by atoms with Gasteiger partial charge in [-0.3, -0.25) is 0 Å².